The number of ether oxygens (including phenoxy) is 2. The van der Waals surface area contributed by atoms with Crippen molar-refractivity contribution in [3.05, 3.63) is 29.3 Å². The summed E-state index contributed by atoms with van der Waals surface area (Å²) < 4.78 is 11.5. The molecule has 7 nitrogen and oxygen atoms in total. The Morgan fingerprint density at radius 3 is 2.75 bits per heavy atom. The van der Waals surface area contributed by atoms with Gasteiger partial charge in [-0.2, -0.15) is 0 Å². The number of aryl methyl sites for hydroxylation is 1. The van der Waals surface area contributed by atoms with Crippen molar-refractivity contribution in [3.63, 3.8) is 0 Å². The molecule has 0 bridgehead atoms. The third-order valence-corrected chi connectivity index (χ3v) is 4.26. The van der Waals surface area contributed by atoms with Crippen LogP contribution in [0.15, 0.2) is 23.2 Å². The molecule has 2 rings (SSSR count). The minimum atomic E-state index is -0.0344. The Kier molecular flexibility index (Phi) is 11.9. The molecule has 1 atom stereocenters. The number of aliphatic imine (C=N–C) groups is 1. The molecule has 1 saturated heterocycles. The largest absolute Gasteiger partial charge is 0.493 e. The molecule has 3 N–H and O–H groups in total. The van der Waals surface area contributed by atoms with Gasteiger partial charge < -0.3 is 25.4 Å². The first-order valence-corrected chi connectivity index (χ1v) is 9.65. The predicted octanol–water partition coefficient (Wildman–Crippen LogP) is 2.22. The van der Waals surface area contributed by atoms with E-state index in [1.807, 2.05) is 6.92 Å². The summed E-state index contributed by atoms with van der Waals surface area (Å²) in [5.74, 6) is 2.04. The average molecular weight is 504 g/mol. The topological polar surface area (TPSA) is 84.0 Å². The Labute approximate surface area is 185 Å². The molecule has 28 heavy (non-hydrogen) atoms. The van der Waals surface area contributed by atoms with Crippen LogP contribution in [0.5, 0.6) is 5.75 Å². The number of nitrogens with one attached hydrogen (secondary N) is 3. The van der Waals surface area contributed by atoms with E-state index in [0.29, 0.717) is 32.2 Å². The van der Waals surface area contributed by atoms with Crippen LogP contribution in [0.3, 0.4) is 0 Å². The van der Waals surface area contributed by atoms with Crippen LogP contribution in [-0.2, 0) is 16.1 Å². The minimum absolute atomic E-state index is 0. The number of carbonyl (C=O) groups excluding carboxylic acids is 1. The van der Waals surface area contributed by atoms with Gasteiger partial charge in [0.15, 0.2) is 5.96 Å². The van der Waals surface area contributed by atoms with Crippen LogP contribution in [0.4, 0.5) is 0 Å². The van der Waals surface area contributed by atoms with Crippen LogP contribution in [0.1, 0.15) is 31.4 Å². The van der Waals surface area contributed by atoms with Crippen molar-refractivity contribution >= 4 is 35.8 Å². The van der Waals surface area contributed by atoms with Crippen molar-refractivity contribution in [1.29, 1.82) is 0 Å². The van der Waals surface area contributed by atoms with Crippen molar-refractivity contribution < 1.29 is 14.3 Å². The summed E-state index contributed by atoms with van der Waals surface area (Å²) in [7, 11) is 0. The van der Waals surface area contributed by atoms with E-state index in [2.05, 4.69) is 46.1 Å². The molecule has 1 aromatic rings. The molecule has 0 radical (unpaired) electrons. The highest BCUT2D eigenvalue weighted by molar-refractivity contribution is 14.0. The standard InChI is InChI=1S/C20H32N4O3.HI/c1-4-21-20(23-9-8-22-16(3)25)24-12-18-6-5-15(2)11-19(18)27-14-17-7-10-26-13-17;/h5-6,11,17H,4,7-10,12-14H2,1-3H3,(H,22,25)(H2,21,23,24);1H. The average Bonchev–Trinajstić information content (AvgIpc) is 3.15. The summed E-state index contributed by atoms with van der Waals surface area (Å²) in [6.45, 7) is 10.3. The zero-order valence-corrected chi connectivity index (χ0v) is 19.4. The monoisotopic (exact) mass is 504 g/mol. The number of amides is 1. The van der Waals surface area contributed by atoms with E-state index in [1.54, 1.807) is 0 Å². The summed E-state index contributed by atoms with van der Waals surface area (Å²) >= 11 is 0. The van der Waals surface area contributed by atoms with Crippen molar-refractivity contribution in [2.75, 3.05) is 39.5 Å². The van der Waals surface area contributed by atoms with Gasteiger partial charge in [0.2, 0.25) is 5.91 Å². The Bertz CT molecular complexity index is 634. The second kappa shape index (κ2) is 13.6. The normalized spacial score (nSPS) is 16.2. The third-order valence-electron chi connectivity index (χ3n) is 4.26. The molecule has 8 heteroatoms. The highest BCUT2D eigenvalue weighted by Gasteiger charge is 2.17. The van der Waals surface area contributed by atoms with Crippen molar-refractivity contribution in [2.24, 2.45) is 10.9 Å². The Hall–Kier alpha value is -1.55. The van der Waals surface area contributed by atoms with Crippen molar-refractivity contribution in [1.82, 2.24) is 16.0 Å². The van der Waals surface area contributed by atoms with Gasteiger partial charge in [0.25, 0.3) is 0 Å². The lowest BCUT2D eigenvalue weighted by molar-refractivity contribution is -0.118. The third kappa shape index (κ3) is 9.09. The molecule has 1 aromatic carbocycles. The maximum atomic E-state index is 10.9. The number of hydrogen-bond donors (Lipinski definition) is 3. The van der Waals surface area contributed by atoms with E-state index in [-0.39, 0.29) is 29.9 Å². The number of benzene rings is 1. The molecule has 0 aliphatic carbocycles. The van der Waals surface area contributed by atoms with Gasteiger partial charge in [0.1, 0.15) is 5.75 Å². The van der Waals surface area contributed by atoms with E-state index >= 15 is 0 Å². The molecule has 1 aliphatic rings. The van der Waals surface area contributed by atoms with E-state index in [1.165, 1.54) is 12.5 Å². The fourth-order valence-corrected chi connectivity index (χ4v) is 2.77. The molecule has 1 heterocycles. The molecule has 1 amide bonds. The lowest BCUT2D eigenvalue weighted by Gasteiger charge is -2.15. The summed E-state index contributed by atoms with van der Waals surface area (Å²) in [5.41, 5.74) is 2.22. The molecular weight excluding hydrogens is 471 g/mol. The van der Waals surface area contributed by atoms with Gasteiger partial charge in [-0.15, -0.1) is 24.0 Å². The van der Waals surface area contributed by atoms with Gasteiger partial charge in [-0.1, -0.05) is 12.1 Å². The van der Waals surface area contributed by atoms with Gasteiger partial charge in [-0.25, -0.2) is 4.99 Å². The number of hydrogen-bond acceptors (Lipinski definition) is 4. The van der Waals surface area contributed by atoms with Crippen molar-refractivity contribution in [2.45, 2.75) is 33.7 Å². The number of carbonyl (C=O) groups is 1. The molecule has 1 unspecified atom stereocenters. The molecule has 158 valence electrons. The lowest BCUT2D eigenvalue weighted by atomic mass is 10.1. The van der Waals surface area contributed by atoms with E-state index in [9.17, 15) is 4.79 Å². The van der Waals surface area contributed by atoms with Gasteiger partial charge in [0.05, 0.1) is 19.8 Å². The van der Waals surface area contributed by atoms with Gasteiger partial charge in [-0.3, -0.25) is 4.79 Å². The van der Waals surface area contributed by atoms with E-state index < -0.39 is 0 Å². The fraction of sp³-hybridized carbons (Fsp3) is 0.600. The number of nitrogens with zero attached hydrogens (tertiary/aromatic N) is 1. The van der Waals surface area contributed by atoms with Gasteiger partial charge in [-0.05, 0) is 31.9 Å². The van der Waals surface area contributed by atoms with Crippen LogP contribution in [-0.4, -0.2) is 51.3 Å². The molecule has 1 aliphatic heterocycles. The van der Waals surface area contributed by atoms with Crippen molar-refractivity contribution in [3.8, 4) is 5.75 Å². The summed E-state index contributed by atoms with van der Waals surface area (Å²) in [4.78, 5) is 15.6. The number of halogens is 1. The Balaban J connectivity index is 0.00000392. The van der Waals surface area contributed by atoms with Gasteiger partial charge >= 0.3 is 0 Å². The quantitative estimate of drug-likeness (QED) is 0.208. The zero-order valence-electron chi connectivity index (χ0n) is 17.0. The molecule has 0 saturated carbocycles. The van der Waals surface area contributed by atoms with Crippen LogP contribution >= 0.6 is 24.0 Å². The second-order valence-corrected chi connectivity index (χ2v) is 6.76. The van der Waals surface area contributed by atoms with Crippen LogP contribution < -0.4 is 20.7 Å². The first kappa shape index (κ1) is 24.5. The molecule has 1 fully saturated rings. The maximum Gasteiger partial charge on any atom is 0.216 e. The Morgan fingerprint density at radius 2 is 2.07 bits per heavy atom. The predicted molar refractivity (Wildman–Crippen MR) is 123 cm³/mol. The van der Waals surface area contributed by atoms with Crippen LogP contribution in [0.2, 0.25) is 0 Å². The maximum absolute atomic E-state index is 10.9. The second-order valence-electron chi connectivity index (χ2n) is 6.76. The number of guanidine groups is 1. The lowest BCUT2D eigenvalue weighted by Crippen LogP contribution is -2.41. The first-order valence-electron chi connectivity index (χ1n) is 9.65. The van der Waals surface area contributed by atoms with Gasteiger partial charge in [0, 0.05) is 44.6 Å². The summed E-state index contributed by atoms with van der Waals surface area (Å²) in [6, 6.07) is 6.21. The van der Waals surface area contributed by atoms with E-state index in [4.69, 9.17) is 9.47 Å². The highest BCUT2D eigenvalue weighted by atomic mass is 127. The summed E-state index contributed by atoms with van der Waals surface area (Å²) in [5, 5.41) is 9.20. The fourth-order valence-electron chi connectivity index (χ4n) is 2.77. The summed E-state index contributed by atoms with van der Waals surface area (Å²) in [6.07, 6.45) is 1.06. The molecule has 0 aromatic heterocycles. The number of rotatable bonds is 9. The smallest absolute Gasteiger partial charge is 0.216 e. The molecule has 0 spiro atoms. The highest BCUT2D eigenvalue weighted by Crippen LogP contribution is 2.23. The Morgan fingerprint density at radius 1 is 1.29 bits per heavy atom. The zero-order chi connectivity index (χ0) is 19.5. The van der Waals surface area contributed by atoms with E-state index in [0.717, 1.165) is 43.5 Å². The molecular formula is C20H33IN4O3. The first-order chi connectivity index (χ1) is 13.1. The SMILES string of the molecule is CCNC(=NCc1ccc(C)cc1OCC1CCOC1)NCCNC(C)=O.I. The van der Waals surface area contributed by atoms with Crippen LogP contribution in [0, 0.1) is 12.8 Å². The van der Waals surface area contributed by atoms with Crippen LogP contribution in [0.25, 0.3) is 0 Å². The minimum Gasteiger partial charge on any atom is -0.493 e.